The maximum absolute atomic E-state index is 13.1. The number of aryl methyl sites for hydroxylation is 1. The van der Waals surface area contributed by atoms with Gasteiger partial charge >= 0.3 is 0 Å². The van der Waals surface area contributed by atoms with E-state index in [0.717, 1.165) is 5.69 Å². The minimum Gasteiger partial charge on any atom is -0.294 e. The molecule has 1 aromatic heterocycles. The molecule has 0 radical (unpaired) electrons. The quantitative estimate of drug-likeness (QED) is 0.801. The van der Waals surface area contributed by atoms with Gasteiger partial charge in [0, 0.05) is 24.2 Å². The molecule has 1 heterocycles. The zero-order valence-electron chi connectivity index (χ0n) is 10.1. The van der Waals surface area contributed by atoms with Gasteiger partial charge in [0.2, 0.25) is 0 Å². The summed E-state index contributed by atoms with van der Waals surface area (Å²) in [4.78, 5) is 12.1. The topological polar surface area (TPSA) is 34.9 Å². The summed E-state index contributed by atoms with van der Waals surface area (Å²) in [5, 5.41) is 4.40. The van der Waals surface area contributed by atoms with Gasteiger partial charge in [-0.1, -0.05) is 11.6 Å². The van der Waals surface area contributed by atoms with Crippen molar-refractivity contribution >= 4 is 17.4 Å². The number of halogens is 2. The van der Waals surface area contributed by atoms with Crippen molar-refractivity contribution in [3.63, 3.8) is 0 Å². The van der Waals surface area contributed by atoms with E-state index in [9.17, 15) is 9.18 Å². The molecular formula is C13H12ClFN2O. The molecule has 0 unspecified atom stereocenters. The van der Waals surface area contributed by atoms with Crippen molar-refractivity contribution < 1.29 is 9.18 Å². The summed E-state index contributed by atoms with van der Waals surface area (Å²) in [6.45, 7) is 1.81. The minimum absolute atomic E-state index is 0.0725. The molecule has 0 aliphatic carbocycles. The van der Waals surface area contributed by atoms with E-state index in [2.05, 4.69) is 5.10 Å². The normalized spacial score (nSPS) is 10.7. The van der Waals surface area contributed by atoms with Gasteiger partial charge in [-0.3, -0.25) is 9.48 Å². The molecule has 0 saturated carbocycles. The average Bonchev–Trinajstić information content (AvgIpc) is 2.65. The Hall–Kier alpha value is -1.68. The van der Waals surface area contributed by atoms with Gasteiger partial charge in [-0.25, -0.2) is 4.39 Å². The van der Waals surface area contributed by atoms with Crippen LogP contribution >= 0.6 is 11.6 Å². The van der Waals surface area contributed by atoms with Gasteiger partial charge in [0.05, 0.1) is 11.8 Å². The number of hydrogen-bond donors (Lipinski definition) is 0. The van der Waals surface area contributed by atoms with Crippen molar-refractivity contribution in [1.29, 1.82) is 0 Å². The van der Waals surface area contributed by atoms with E-state index in [1.165, 1.54) is 24.4 Å². The number of ketones is 1. The van der Waals surface area contributed by atoms with Crippen LogP contribution in [-0.4, -0.2) is 15.6 Å². The fourth-order valence-electron chi connectivity index (χ4n) is 1.72. The molecule has 0 atom stereocenters. The summed E-state index contributed by atoms with van der Waals surface area (Å²) in [7, 11) is 1.77. The Bertz CT molecular complexity index is 607. The van der Waals surface area contributed by atoms with E-state index < -0.39 is 5.82 Å². The van der Waals surface area contributed by atoms with Gasteiger partial charge < -0.3 is 0 Å². The molecule has 0 aliphatic rings. The molecule has 3 nitrogen and oxygen atoms in total. The molecule has 0 spiro atoms. The molecule has 0 N–H and O–H groups in total. The highest BCUT2D eigenvalue weighted by molar-refractivity contribution is 6.31. The van der Waals surface area contributed by atoms with Crippen LogP contribution < -0.4 is 0 Å². The van der Waals surface area contributed by atoms with E-state index >= 15 is 0 Å². The third-order valence-electron chi connectivity index (χ3n) is 2.89. The molecule has 0 saturated heterocycles. The molecule has 5 heteroatoms. The number of rotatable bonds is 3. The van der Waals surface area contributed by atoms with Crippen molar-refractivity contribution in [2.75, 3.05) is 0 Å². The summed E-state index contributed by atoms with van der Waals surface area (Å²) in [5.41, 5.74) is 1.82. The Labute approximate surface area is 109 Å². The van der Waals surface area contributed by atoms with Crippen molar-refractivity contribution in [3.8, 4) is 0 Å². The second-order valence-electron chi connectivity index (χ2n) is 4.10. The van der Waals surface area contributed by atoms with Crippen LogP contribution in [0.5, 0.6) is 0 Å². The highest BCUT2D eigenvalue weighted by Crippen LogP contribution is 2.20. The lowest BCUT2D eigenvalue weighted by Gasteiger charge is -2.04. The Morgan fingerprint density at radius 2 is 2.22 bits per heavy atom. The molecule has 1 aromatic carbocycles. The van der Waals surface area contributed by atoms with Crippen LogP contribution in [0, 0.1) is 12.7 Å². The number of hydrogen-bond acceptors (Lipinski definition) is 2. The predicted molar refractivity (Wildman–Crippen MR) is 67.4 cm³/mol. The van der Waals surface area contributed by atoms with E-state index in [1.807, 2.05) is 6.92 Å². The predicted octanol–water partition coefficient (Wildman–Crippen LogP) is 2.95. The van der Waals surface area contributed by atoms with Gasteiger partial charge in [-0.15, -0.1) is 0 Å². The third kappa shape index (κ3) is 2.43. The Morgan fingerprint density at radius 1 is 1.50 bits per heavy atom. The van der Waals surface area contributed by atoms with Crippen molar-refractivity contribution in [3.05, 3.63) is 52.1 Å². The van der Waals surface area contributed by atoms with E-state index in [0.29, 0.717) is 16.1 Å². The van der Waals surface area contributed by atoms with Gasteiger partial charge in [0.15, 0.2) is 5.78 Å². The maximum atomic E-state index is 13.1. The van der Waals surface area contributed by atoms with Gasteiger partial charge in [0.25, 0.3) is 0 Å². The van der Waals surface area contributed by atoms with Gasteiger partial charge in [-0.2, -0.15) is 5.10 Å². The SMILES string of the molecule is Cc1c(C(=O)Cc2cc(F)ccc2Cl)cnn1C. The Balaban J connectivity index is 2.27. The number of carbonyl (C=O) groups excluding carboxylic acids is 1. The molecule has 18 heavy (non-hydrogen) atoms. The van der Waals surface area contributed by atoms with Crippen LogP contribution in [0.25, 0.3) is 0 Å². The Kier molecular flexibility index (Phi) is 3.48. The highest BCUT2D eigenvalue weighted by atomic mass is 35.5. The number of aromatic nitrogens is 2. The summed E-state index contributed by atoms with van der Waals surface area (Å²) in [6.07, 6.45) is 1.59. The largest absolute Gasteiger partial charge is 0.294 e. The third-order valence-corrected chi connectivity index (χ3v) is 3.26. The summed E-state index contributed by atoms with van der Waals surface area (Å²) in [5.74, 6) is -0.516. The molecule has 0 bridgehead atoms. The fraction of sp³-hybridized carbons (Fsp3) is 0.231. The molecule has 0 aliphatic heterocycles. The molecule has 0 amide bonds. The molecular weight excluding hydrogens is 255 g/mol. The number of nitrogens with zero attached hydrogens (tertiary/aromatic N) is 2. The Morgan fingerprint density at radius 3 is 2.83 bits per heavy atom. The number of carbonyl (C=O) groups is 1. The first kappa shape index (κ1) is 12.8. The van der Waals surface area contributed by atoms with Crippen LogP contribution in [0.3, 0.4) is 0 Å². The molecule has 2 rings (SSSR count). The first-order chi connectivity index (χ1) is 8.49. The van der Waals surface area contributed by atoms with Crippen LogP contribution in [0.2, 0.25) is 5.02 Å². The van der Waals surface area contributed by atoms with Crippen molar-refractivity contribution in [2.45, 2.75) is 13.3 Å². The lowest BCUT2D eigenvalue weighted by atomic mass is 10.0. The minimum atomic E-state index is -0.398. The highest BCUT2D eigenvalue weighted by Gasteiger charge is 2.15. The van der Waals surface area contributed by atoms with E-state index in [-0.39, 0.29) is 12.2 Å². The summed E-state index contributed by atoms with van der Waals surface area (Å²) >= 11 is 5.93. The zero-order chi connectivity index (χ0) is 13.3. The van der Waals surface area contributed by atoms with Gasteiger partial charge in [-0.05, 0) is 30.7 Å². The van der Waals surface area contributed by atoms with E-state index in [1.54, 1.807) is 11.7 Å². The first-order valence-electron chi connectivity index (χ1n) is 5.44. The molecule has 94 valence electrons. The summed E-state index contributed by atoms with van der Waals surface area (Å²) < 4.78 is 14.7. The van der Waals surface area contributed by atoms with Crippen LogP contribution in [0.15, 0.2) is 24.4 Å². The van der Waals surface area contributed by atoms with Gasteiger partial charge in [0.1, 0.15) is 5.82 Å². The van der Waals surface area contributed by atoms with Crippen LogP contribution in [0.4, 0.5) is 4.39 Å². The van der Waals surface area contributed by atoms with Crippen molar-refractivity contribution in [1.82, 2.24) is 9.78 Å². The smallest absolute Gasteiger partial charge is 0.170 e. The summed E-state index contributed by atoms with van der Waals surface area (Å²) in [6, 6.07) is 4.01. The standard InChI is InChI=1S/C13H12ClFN2O/c1-8-11(7-16-17(8)2)13(18)6-9-5-10(15)3-4-12(9)14/h3-5,7H,6H2,1-2H3. The van der Waals surface area contributed by atoms with Crippen LogP contribution in [-0.2, 0) is 13.5 Å². The second-order valence-corrected chi connectivity index (χ2v) is 4.51. The molecule has 2 aromatic rings. The lowest BCUT2D eigenvalue weighted by Crippen LogP contribution is -2.06. The maximum Gasteiger partial charge on any atom is 0.170 e. The van der Waals surface area contributed by atoms with E-state index in [4.69, 9.17) is 11.6 Å². The number of benzene rings is 1. The monoisotopic (exact) mass is 266 g/mol. The first-order valence-corrected chi connectivity index (χ1v) is 5.82. The zero-order valence-corrected chi connectivity index (χ0v) is 10.8. The van der Waals surface area contributed by atoms with Crippen molar-refractivity contribution in [2.24, 2.45) is 7.05 Å². The molecule has 0 fully saturated rings. The second kappa shape index (κ2) is 4.90. The lowest BCUT2D eigenvalue weighted by molar-refractivity contribution is 0.0992. The fourth-order valence-corrected chi connectivity index (χ4v) is 1.90. The van der Waals surface area contributed by atoms with Crippen LogP contribution in [0.1, 0.15) is 21.6 Å². The number of Topliss-reactive ketones (excluding diaryl/α,β-unsaturated/α-hetero) is 1. The average molecular weight is 267 g/mol.